The lowest BCUT2D eigenvalue weighted by atomic mass is 9.73. The SMILES string of the molecule is CCCCCCCCC(CCCCC)N(C)C(CCCC)CCCC1CCCC2CCCCCCCCC2CC1. The molecule has 2 saturated carbocycles. The van der Waals surface area contributed by atoms with E-state index in [0.29, 0.717) is 0 Å². The molecule has 0 radical (unpaired) electrons. The summed E-state index contributed by atoms with van der Waals surface area (Å²) in [5, 5.41) is 0. The monoisotopic (exact) mass is 560 g/mol. The van der Waals surface area contributed by atoms with E-state index in [-0.39, 0.29) is 0 Å². The molecule has 0 spiro atoms. The topological polar surface area (TPSA) is 3.24 Å². The van der Waals surface area contributed by atoms with E-state index in [1.165, 1.54) is 161 Å². The van der Waals surface area contributed by atoms with Crippen molar-refractivity contribution in [3.63, 3.8) is 0 Å². The van der Waals surface area contributed by atoms with Crippen molar-refractivity contribution in [3.8, 4) is 0 Å². The quantitative estimate of drug-likeness (QED) is 0.134. The largest absolute Gasteiger partial charge is 0.300 e. The minimum absolute atomic E-state index is 0.822. The van der Waals surface area contributed by atoms with E-state index in [4.69, 9.17) is 0 Å². The van der Waals surface area contributed by atoms with Crippen LogP contribution in [-0.2, 0) is 0 Å². The lowest BCUT2D eigenvalue weighted by Gasteiger charge is -2.36. The molecule has 5 atom stereocenters. The summed E-state index contributed by atoms with van der Waals surface area (Å²) < 4.78 is 0. The van der Waals surface area contributed by atoms with Crippen LogP contribution in [0.3, 0.4) is 0 Å². The van der Waals surface area contributed by atoms with E-state index in [0.717, 1.165) is 29.8 Å². The van der Waals surface area contributed by atoms with Gasteiger partial charge in [-0.15, -0.1) is 0 Å². The third kappa shape index (κ3) is 16.0. The van der Waals surface area contributed by atoms with Crippen LogP contribution in [0.2, 0.25) is 0 Å². The molecule has 40 heavy (non-hydrogen) atoms. The van der Waals surface area contributed by atoms with Gasteiger partial charge in [0.05, 0.1) is 0 Å². The Labute approximate surface area is 254 Å². The van der Waals surface area contributed by atoms with Crippen molar-refractivity contribution in [2.75, 3.05) is 7.05 Å². The predicted octanol–water partition coefficient (Wildman–Crippen LogP) is 13.3. The Kier molecular flexibility index (Phi) is 22.1. The lowest BCUT2D eigenvalue weighted by molar-refractivity contribution is 0.129. The summed E-state index contributed by atoms with van der Waals surface area (Å²) in [6.07, 6.45) is 44.3. The highest BCUT2D eigenvalue weighted by molar-refractivity contribution is 4.80. The Morgan fingerprint density at radius 1 is 0.450 bits per heavy atom. The van der Waals surface area contributed by atoms with E-state index < -0.39 is 0 Å². The number of rotatable bonds is 20. The summed E-state index contributed by atoms with van der Waals surface area (Å²) in [5.41, 5.74) is 0. The van der Waals surface area contributed by atoms with Crippen molar-refractivity contribution >= 4 is 0 Å². The van der Waals surface area contributed by atoms with E-state index >= 15 is 0 Å². The normalized spacial score (nSPS) is 24.7. The highest BCUT2D eigenvalue weighted by Gasteiger charge is 2.26. The Morgan fingerprint density at radius 3 is 1.60 bits per heavy atom. The Balaban J connectivity index is 1.85. The maximum atomic E-state index is 2.92. The van der Waals surface area contributed by atoms with E-state index in [1.54, 1.807) is 32.1 Å². The zero-order valence-electron chi connectivity index (χ0n) is 28.5. The number of unbranched alkanes of at least 4 members (excludes halogenated alkanes) is 8. The summed E-state index contributed by atoms with van der Waals surface area (Å²) in [6, 6.07) is 1.65. The molecule has 1 heteroatoms. The molecule has 2 fully saturated rings. The number of fused-ring (bicyclic) bond motifs is 1. The predicted molar refractivity (Wildman–Crippen MR) is 181 cm³/mol. The van der Waals surface area contributed by atoms with Crippen molar-refractivity contribution in [1.82, 2.24) is 4.90 Å². The third-order valence-corrected chi connectivity index (χ3v) is 11.4. The molecule has 0 amide bonds. The second-order valence-corrected chi connectivity index (χ2v) is 14.7. The van der Waals surface area contributed by atoms with Crippen LogP contribution in [0, 0.1) is 17.8 Å². The average Bonchev–Trinajstić information content (AvgIpc) is 2.95. The first-order valence-electron chi connectivity index (χ1n) is 19.4. The molecule has 0 N–H and O–H groups in total. The second-order valence-electron chi connectivity index (χ2n) is 14.7. The van der Waals surface area contributed by atoms with Crippen molar-refractivity contribution < 1.29 is 0 Å². The molecule has 5 unspecified atom stereocenters. The van der Waals surface area contributed by atoms with Gasteiger partial charge in [-0.05, 0) is 56.9 Å². The molecule has 0 aromatic carbocycles. The van der Waals surface area contributed by atoms with Gasteiger partial charge in [0.25, 0.3) is 0 Å². The van der Waals surface area contributed by atoms with Crippen molar-refractivity contribution in [2.24, 2.45) is 17.8 Å². The maximum Gasteiger partial charge on any atom is 0.00951 e. The van der Waals surface area contributed by atoms with Gasteiger partial charge >= 0.3 is 0 Å². The van der Waals surface area contributed by atoms with Crippen LogP contribution < -0.4 is 0 Å². The molecule has 0 aromatic heterocycles. The first kappa shape index (κ1) is 36.2. The molecule has 0 heterocycles. The van der Waals surface area contributed by atoms with Gasteiger partial charge in [0.1, 0.15) is 0 Å². The smallest absolute Gasteiger partial charge is 0.00951 e. The maximum absolute atomic E-state index is 2.92. The van der Waals surface area contributed by atoms with Crippen molar-refractivity contribution in [3.05, 3.63) is 0 Å². The zero-order chi connectivity index (χ0) is 28.7. The Hall–Kier alpha value is -0.0400. The van der Waals surface area contributed by atoms with Gasteiger partial charge in [0, 0.05) is 12.1 Å². The third-order valence-electron chi connectivity index (χ3n) is 11.4. The number of hydrogen-bond acceptors (Lipinski definition) is 1. The molecular weight excluding hydrogens is 482 g/mol. The van der Waals surface area contributed by atoms with E-state index in [9.17, 15) is 0 Å². The van der Waals surface area contributed by atoms with E-state index in [2.05, 4.69) is 32.7 Å². The fourth-order valence-electron chi connectivity index (χ4n) is 8.58. The van der Waals surface area contributed by atoms with Crippen LogP contribution in [0.1, 0.15) is 213 Å². The molecule has 238 valence electrons. The molecule has 0 saturated heterocycles. The Bertz CT molecular complexity index is 543. The summed E-state index contributed by atoms with van der Waals surface area (Å²) >= 11 is 0. The zero-order valence-corrected chi connectivity index (χ0v) is 28.5. The van der Waals surface area contributed by atoms with Crippen LogP contribution in [0.4, 0.5) is 0 Å². The minimum Gasteiger partial charge on any atom is -0.300 e. The van der Waals surface area contributed by atoms with Gasteiger partial charge in [0.2, 0.25) is 0 Å². The first-order valence-corrected chi connectivity index (χ1v) is 19.4. The summed E-state index contributed by atoms with van der Waals surface area (Å²) in [5.74, 6) is 3.16. The van der Waals surface area contributed by atoms with Crippen LogP contribution in [0.25, 0.3) is 0 Å². The van der Waals surface area contributed by atoms with E-state index in [1.807, 2.05) is 0 Å². The average molecular weight is 560 g/mol. The highest BCUT2D eigenvalue weighted by Crippen LogP contribution is 2.38. The fraction of sp³-hybridized carbons (Fsp3) is 1.00. The molecule has 0 aliphatic heterocycles. The molecular formula is C39H77N. The van der Waals surface area contributed by atoms with Crippen molar-refractivity contribution in [2.45, 2.75) is 225 Å². The second kappa shape index (κ2) is 24.4. The Morgan fingerprint density at radius 2 is 0.925 bits per heavy atom. The minimum atomic E-state index is 0.822. The molecule has 2 aliphatic carbocycles. The van der Waals surface area contributed by atoms with Crippen LogP contribution in [-0.4, -0.2) is 24.0 Å². The van der Waals surface area contributed by atoms with Crippen LogP contribution in [0.15, 0.2) is 0 Å². The fourth-order valence-corrected chi connectivity index (χ4v) is 8.58. The molecule has 1 nitrogen and oxygen atoms in total. The lowest BCUT2D eigenvalue weighted by Crippen LogP contribution is -2.40. The molecule has 2 rings (SSSR count). The summed E-state index contributed by atoms with van der Waals surface area (Å²) in [6.45, 7) is 7.10. The summed E-state index contributed by atoms with van der Waals surface area (Å²) in [7, 11) is 2.53. The van der Waals surface area contributed by atoms with Gasteiger partial charge in [-0.2, -0.15) is 0 Å². The number of hydrogen-bond donors (Lipinski definition) is 0. The molecule has 0 bridgehead atoms. The van der Waals surface area contributed by atoms with Crippen molar-refractivity contribution in [1.29, 1.82) is 0 Å². The molecule has 2 aliphatic rings. The summed E-state index contributed by atoms with van der Waals surface area (Å²) in [4.78, 5) is 2.92. The van der Waals surface area contributed by atoms with Gasteiger partial charge in [-0.1, -0.05) is 181 Å². The molecule has 0 aromatic rings. The van der Waals surface area contributed by atoms with Gasteiger partial charge < -0.3 is 4.90 Å². The van der Waals surface area contributed by atoms with Crippen LogP contribution >= 0.6 is 0 Å². The highest BCUT2D eigenvalue weighted by atomic mass is 15.2. The van der Waals surface area contributed by atoms with Gasteiger partial charge in [-0.3, -0.25) is 0 Å². The van der Waals surface area contributed by atoms with Crippen LogP contribution in [0.5, 0.6) is 0 Å². The standard InChI is InChI=1S/C39H77N/c1-5-8-11-12-17-21-31-39(30-18-9-6-2)40(4)38(29-10-7-3)32-23-25-35-24-22-28-36-26-19-15-13-14-16-20-27-37(36)34-33-35/h35-39H,5-34H2,1-4H3. The first-order chi connectivity index (χ1) is 19.7. The van der Waals surface area contributed by atoms with Gasteiger partial charge in [-0.25, -0.2) is 0 Å². The number of nitrogens with zero attached hydrogens (tertiary/aromatic N) is 1. The van der Waals surface area contributed by atoms with Gasteiger partial charge in [0.15, 0.2) is 0 Å².